The summed E-state index contributed by atoms with van der Waals surface area (Å²) in [5.41, 5.74) is 0. The highest BCUT2D eigenvalue weighted by Crippen LogP contribution is 2.07. The molecule has 0 atom stereocenters. The van der Waals surface area contributed by atoms with Crippen LogP contribution in [0.3, 0.4) is 0 Å². The van der Waals surface area contributed by atoms with Crippen LogP contribution in [-0.2, 0) is 14.3 Å². The minimum absolute atomic E-state index is 0.0755. The van der Waals surface area contributed by atoms with Crippen LogP contribution in [0.15, 0.2) is 0 Å². The van der Waals surface area contributed by atoms with Gasteiger partial charge >= 0.3 is 12.1 Å². The van der Waals surface area contributed by atoms with Gasteiger partial charge in [-0.05, 0) is 0 Å². The summed E-state index contributed by atoms with van der Waals surface area (Å²) in [6.07, 6.45) is -0.387. The Balaban J connectivity index is 2.27. The summed E-state index contributed by atoms with van der Waals surface area (Å²) in [6.45, 7) is 1.81. The number of carboxylic acid groups (broad SMARTS) is 1. The van der Waals surface area contributed by atoms with Gasteiger partial charge in [-0.1, -0.05) is 0 Å². The van der Waals surface area contributed by atoms with Gasteiger partial charge in [-0.15, -0.1) is 11.8 Å². The number of nitrogens with zero attached hydrogens (tertiary/aromatic N) is 2. The lowest BCUT2D eigenvalue weighted by Crippen LogP contribution is -2.51. The second-order valence-electron chi connectivity index (χ2n) is 3.72. The Morgan fingerprint density at radius 3 is 2.17 bits per heavy atom. The van der Waals surface area contributed by atoms with E-state index >= 15 is 0 Å². The van der Waals surface area contributed by atoms with Crippen LogP contribution in [0.5, 0.6) is 0 Å². The molecule has 102 valence electrons. The van der Waals surface area contributed by atoms with E-state index in [2.05, 4.69) is 4.74 Å². The summed E-state index contributed by atoms with van der Waals surface area (Å²) in [6, 6.07) is 0. The highest BCUT2D eigenvalue weighted by Gasteiger charge is 2.24. The van der Waals surface area contributed by atoms with Gasteiger partial charge in [0.25, 0.3) is 0 Å². The van der Waals surface area contributed by atoms with Crippen LogP contribution < -0.4 is 0 Å². The van der Waals surface area contributed by atoms with Crippen molar-refractivity contribution in [2.45, 2.75) is 0 Å². The Hall–Kier alpha value is -1.44. The Labute approximate surface area is 109 Å². The molecule has 0 aromatic rings. The van der Waals surface area contributed by atoms with Crippen molar-refractivity contribution in [2.24, 2.45) is 0 Å². The molecule has 1 fully saturated rings. The van der Waals surface area contributed by atoms with Gasteiger partial charge in [0.1, 0.15) is 0 Å². The quantitative estimate of drug-likeness (QED) is 0.759. The van der Waals surface area contributed by atoms with Crippen LogP contribution in [0.1, 0.15) is 0 Å². The average Bonchev–Trinajstić information content (AvgIpc) is 2.37. The van der Waals surface area contributed by atoms with E-state index in [1.165, 1.54) is 12.0 Å². The van der Waals surface area contributed by atoms with Crippen molar-refractivity contribution in [1.82, 2.24) is 9.80 Å². The predicted molar refractivity (Wildman–Crippen MR) is 65.5 cm³/mol. The molecule has 1 N–H and O–H groups in total. The first-order chi connectivity index (χ1) is 8.54. The molecule has 0 bridgehead atoms. The molecule has 0 aromatic carbocycles. The first-order valence-corrected chi connectivity index (χ1v) is 6.60. The van der Waals surface area contributed by atoms with Crippen LogP contribution >= 0.6 is 11.8 Å². The Morgan fingerprint density at radius 2 is 1.67 bits per heavy atom. The lowest BCUT2D eigenvalue weighted by molar-refractivity contribution is -0.133. The van der Waals surface area contributed by atoms with Crippen molar-refractivity contribution in [3.63, 3.8) is 0 Å². The number of aliphatic carboxylic acids is 1. The molecule has 2 amide bonds. The zero-order valence-corrected chi connectivity index (χ0v) is 10.9. The van der Waals surface area contributed by atoms with E-state index in [4.69, 9.17) is 5.11 Å². The topological polar surface area (TPSA) is 87.2 Å². The average molecular weight is 276 g/mol. The van der Waals surface area contributed by atoms with Gasteiger partial charge in [0, 0.05) is 26.2 Å². The highest BCUT2D eigenvalue weighted by atomic mass is 32.2. The van der Waals surface area contributed by atoms with Crippen LogP contribution in [0.4, 0.5) is 4.79 Å². The van der Waals surface area contributed by atoms with E-state index in [1.807, 2.05) is 0 Å². The fourth-order valence-corrected chi connectivity index (χ4v) is 2.22. The molecule has 1 rings (SSSR count). The smallest absolute Gasteiger partial charge is 0.409 e. The number of hydrogen-bond donors (Lipinski definition) is 1. The van der Waals surface area contributed by atoms with Gasteiger partial charge in [-0.3, -0.25) is 9.59 Å². The number of methoxy groups -OCH3 is 1. The molecular weight excluding hydrogens is 260 g/mol. The number of rotatable bonds is 4. The zero-order chi connectivity index (χ0) is 13.5. The molecule has 8 heteroatoms. The van der Waals surface area contributed by atoms with Gasteiger partial charge < -0.3 is 19.6 Å². The van der Waals surface area contributed by atoms with Crippen LogP contribution in [0, 0.1) is 0 Å². The lowest BCUT2D eigenvalue weighted by Gasteiger charge is -2.33. The molecule has 0 radical (unpaired) electrons. The standard InChI is InChI=1S/C10H16N2O5S/c1-17-10(16)12-4-2-11(3-5-12)8(13)6-18-7-9(14)15/h2-7H2,1H3,(H,14,15). The van der Waals surface area contributed by atoms with Crippen molar-refractivity contribution >= 4 is 29.7 Å². The minimum atomic E-state index is -0.927. The van der Waals surface area contributed by atoms with Crippen LogP contribution in [0.2, 0.25) is 0 Å². The summed E-state index contributed by atoms with van der Waals surface area (Å²) in [5.74, 6) is -0.938. The SMILES string of the molecule is COC(=O)N1CCN(C(=O)CSCC(=O)O)CC1. The number of thioether (sulfide) groups is 1. The summed E-state index contributed by atoms with van der Waals surface area (Å²) < 4.78 is 4.59. The van der Waals surface area contributed by atoms with Crippen molar-refractivity contribution in [1.29, 1.82) is 0 Å². The fourth-order valence-electron chi connectivity index (χ4n) is 1.58. The van der Waals surface area contributed by atoms with Crippen molar-refractivity contribution < 1.29 is 24.2 Å². The van der Waals surface area contributed by atoms with E-state index in [1.54, 1.807) is 4.90 Å². The summed E-state index contributed by atoms with van der Waals surface area (Å²) >= 11 is 1.08. The van der Waals surface area contributed by atoms with E-state index in [9.17, 15) is 14.4 Å². The predicted octanol–water partition coefficient (Wildman–Crippen LogP) is -0.285. The minimum Gasteiger partial charge on any atom is -0.481 e. The molecule has 1 aliphatic heterocycles. The van der Waals surface area contributed by atoms with Gasteiger partial charge in [0.05, 0.1) is 18.6 Å². The number of hydrogen-bond acceptors (Lipinski definition) is 5. The first-order valence-electron chi connectivity index (χ1n) is 5.44. The van der Waals surface area contributed by atoms with Gasteiger partial charge in [-0.25, -0.2) is 4.79 Å². The Kier molecular flexibility index (Phi) is 5.76. The molecule has 1 saturated heterocycles. The molecular formula is C10H16N2O5S. The number of carbonyl (C=O) groups excluding carboxylic acids is 2. The molecule has 7 nitrogen and oxygen atoms in total. The highest BCUT2D eigenvalue weighted by molar-refractivity contribution is 8.00. The van der Waals surface area contributed by atoms with Crippen LogP contribution in [-0.4, -0.2) is 77.7 Å². The van der Waals surface area contributed by atoms with Crippen molar-refractivity contribution in [3.8, 4) is 0 Å². The van der Waals surface area contributed by atoms with E-state index in [0.717, 1.165) is 11.8 Å². The fraction of sp³-hybridized carbons (Fsp3) is 0.700. The van der Waals surface area contributed by atoms with Crippen LogP contribution in [0.25, 0.3) is 0 Å². The second-order valence-corrected chi connectivity index (χ2v) is 4.71. The Bertz CT molecular complexity index is 328. The maximum atomic E-state index is 11.7. The maximum absolute atomic E-state index is 11.7. The third kappa shape index (κ3) is 4.44. The molecule has 0 saturated carbocycles. The van der Waals surface area contributed by atoms with Gasteiger partial charge in [0.15, 0.2) is 0 Å². The number of amides is 2. The normalized spacial score (nSPS) is 15.4. The molecule has 0 aromatic heterocycles. The first kappa shape index (κ1) is 14.6. The summed E-state index contributed by atoms with van der Waals surface area (Å²) in [4.78, 5) is 36.4. The summed E-state index contributed by atoms with van der Waals surface area (Å²) in [5, 5.41) is 8.46. The molecule has 0 unspecified atom stereocenters. The molecule has 0 aliphatic carbocycles. The number of piperazine rings is 1. The van der Waals surface area contributed by atoms with Gasteiger partial charge in [-0.2, -0.15) is 0 Å². The third-order valence-electron chi connectivity index (χ3n) is 2.52. The molecule has 0 spiro atoms. The number of carboxylic acids is 1. The number of carbonyl (C=O) groups is 3. The van der Waals surface area contributed by atoms with Crippen molar-refractivity contribution in [2.75, 3.05) is 44.8 Å². The zero-order valence-electron chi connectivity index (χ0n) is 10.1. The van der Waals surface area contributed by atoms with Crippen molar-refractivity contribution in [3.05, 3.63) is 0 Å². The van der Waals surface area contributed by atoms with E-state index in [0.29, 0.717) is 26.2 Å². The molecule has 1 heterocycles. The van der Waals surface area contributed by atoms with E-state index in [-0.39, 0.29) is 23.5 Å². The molecule has 1 aliphatic rings. The largest absolute Gasteiger partial charge is 0.481 e. The van der Waals surface area contributed by atoms with Gasteiger partial charge in [0.2, 0.25) is 5.91 Å². The third-order valence-corrected chi connectivity index (χ3v) is 3.42. The van der Waals surface area contributed by atoms with E-state index < -0.39 is 5.97 Å². The second kappa shape index (κ2) is 7.10. The number of ether oxygens (including phenoxy) is 1. The Morgan fingerprint density at radius 1 is 1.11 bits per heavy atom. The maximum Gasteiger partial charge on any atom is 0.409 e. The monoisotopic (exact) mass is 276 g/mol. The molecule has 18 heavy (non-hydrogen) atoms. The summed E-state index contributed by atoms with van der Waals surface area (Å²) in [7, 11) is 1.32. The lowest BCUT2D eigenvalue weighted by atomic mass is 10.3.